The fourth-order valence-corrected chi connectivity index (χ4v) is 9.56. The van der Waals surface area contributed by atoms with E-state index in [-0.39, 0.29) is 18.5 Å². The molecule has 1 heterocycles. The lowest BCUT2D eigenvalue weighted by atomic mass is 9.99. The first-order chi connectivity index (χ1) is 35.7. The number of hydrogen-bond donors (Lipinski definition) is 6. The molecule has 0 aromatic heterocycles. The number of allylic oxidation sites excluding steroid dienone is 5. The van der Waals surface area contributed by atoms with E-state index in [0.717, 1.165) is 77.0 Å². The molecule has 6 N–H and O–H groups in total. The Labute approximate surface area is 447 Å². The lowest BCUT2D eigenvalue weighted by Gasteiger charge is -2.40. The molecule has 428 valence electrons. The zero-order chi connectivity index (χ0) is 53.1. The van der Waals surface area contributed by atoms with Crippen LogP contribution in [-0.2, 0) is 23.8 Å². The third-order valence-corrected chi connectivity index (χ3v) is 14.5. The summed E-state index contributed by atoms with van der Waals surface area (Å²) in [6, 6.07) is -0.833. The van der Waals surface area contributed by atoms with Crippen LogP contribution in [0.5, 0.6) is 0 Å². The van der Waals surface area contributed by atoms with Crippen molar-refractivity contribution in [2.45, 2.75) is 326 Å². The summed E-state index contributed by atoms with van der Waals surface area (Å²) in [5.74, 6) is -0.205. The summed E-state index contributed by atoms with van der Waals surface area (Å²) in [6.07, 6.45) is 53.8. The topological polar surface area (TPSA) is 175 Å². The van der Waals surface area contributed by atoms with Crippen LogP contribution >= 0.6 is 0 Å². The summed E-state index contributed by atoms with van der Waals surface area (Å²) in [4.78, 5) is 25.0. The molecule has 11 nitrogen and oxygen atoms in total. The summed E-state index contributed by atoms with van der Waals surface area (Å²) >= 11 is 0. The van der Waals surface area contributed by atoms with Gasteiger partial charge in [0, 0.05) is 12.8 Å². The number of hydrogen-bond acceptors (Lipinski definition) is 10. The van der Waals surface area contributed by atoms with Gasteiger partial charge < -0.3 is 45.1 Å². The van der Waals surface area contributed by atoms with Gasteiger partial charge in [-0.1, -0.05) is 237 Å². The largest absolute Gasteiger partial charge is 0.466 e. The molecule has 1 saturated heterocycles. The van der Waals surface area contributed by atoms with Gasteiger partial charge in [0.05, 0.1) is 32.0 Å². The van der Waals surface area contributed by atoms with Gasteiger partial charge in [-0.25, -0.2) is 0 Å². The minimum atomic E-state index is -1.58. The number of esters is 1. The first-order valence-electron chi connectivity index (χ1n) is 30.8. The first kappa shape index (κ1) is 68.9. The van der Waals surface area contributed by atoms with Crippen molar-refractivity contribution in [3.05, 3.63) is 36.5 Å². The number of rotatable bonds is 53. The van der Waals surface area contributed by atoms with Gasteiger partial charge in [0.15, 0.2) is 6.29 Å². The predicted octanol–water partition coefficient (Wildman–Crippen LogP) is 14.3. The predicted molar refractivity (Wildman–Crippen MR) is 301 cm³/mol. The van der Waals surface area contributed by atoms with Gasteiger partial charge in [-0.05, 0) is 70.6 Å². The lowest BCUT2D eigenvalue weighted by Crippen LogP contribution is -2.60. The number of aliphatic hydroxyl groups excluding tert-OH is 5. The van der Waals surface area contributed by atoms with Crippen LogP contribution in [0.1, 0.15) is 284 Å². The Morgan fingerprint density at radius 2 is 0.890 bits per heavy atom. The molecule has 0 saturated carbocycles. The van der Waals surface area contributed by atoms with Crippen molar-refractivity contribution < 1.29 is 49.3 Å². The van der Waals surface area contributed by atoms with E-state index in [4.69, 9.17) is 14.2 Å². The van der Waals surface area contributed by atoms with Gasteiger partial charge in [-0.15, -0.1) is 0 Å². The number of carbonyl (C=O) groups excluding carboxylic acids is 2. The molecule has 0 aliphatic carbocycles. The summed E-state index contributed by atoms with van der Waals surface area (Å²) < 4.78 is 16.7. The number of aliphatic hydroxyl groups is 5. The van der Waals surface area contributed by atoms with Gasteiger partial charge in [0.1, 0.15) is 24.4 Å². The van der Waals surface area contributed by atoms with Crippen molar-refractivity contribution in [3.63, 3.8) is 0 Å². The van der Waals surface area contributed by atoms with Crippen LogP contribution in [0.3, 0.4) is 0 Å². The maximum absolute atomic E-state index is 13.0. The SMILES string of the molecule is CCCCCCCCC/C=C/CC/C=C/C(O)C(COC1OC(CO)C(O)C(O)C1O)NC(=O)CCCCCCCCC/C=C\CCCCCCCCCCCCOC(=O)CCCCCCCCCCCCC. The third-order valence-electron chi connectivity index (χ3n) is 14.5. The molecule has 0 aromatic carbocycles. The van der Waals surface area contributed by atoms with Gasteiger partial charge in [-0.2, -0.15) is 0 Å². The van der Waals surface area contributed by atoms with Crippen LogP contribution in [0.25, 0.3) is 0 Å². The van der Waals surface area contributed by atoms with E-state index in [1.54, 1.807) is 6.08 Å². The Bertz CT molecular complexity index is 1310. The summed E-state index contributed by atoms with van der Waals surface area (Å²) in [6.45, 7) is 4.31. The Morgan fingerprint density at radius 3 is 1.36 bits per heavy atom. The molecule has 7 unspecified atom stereocenters. The highest BCUT2D eigenvalue weighted by atomic mass is 16.7. The summed E-state index contributed by atoms with van der Waals surface area (Å²) in [5, 5.41) is 54.4. The summed E-state index contributed by atoms with van der Waals surface area (Å²) in [5.41, 5.74) is 0. The fourth-order valence-electron chi connectivity index (χ4n) is 9.56. The van der Waals surface area contributed by atoms with Crippen molar-refractivity contribution in [2.24, 2.45) is 0 Å². The molecule has 73 heavy (non-hydrogen) atoms. The van der Waals surface area contributed by atoms with Crippen molar-refractivity contribution in [2.75, 3.05) is 19.8 Å². The van der Waals surface area contributed by atoms with Crippen molar-refractivity contribution >= 4 is 11.9 Å². The van der Waals surface area contributed by atoms with Crippen molar-refractivity contribution in [1.82, 2.24) is 5.32 Å². The van der Waals surface area contributed by atoms with Crippen LogP contribution in [0.4, 0.5) is 0 Å². The lowest BCUT2D eigenvalue weighted by molar-refractivity contribution is -0.302. The van der Waals surface area contributed by atoms with E-state index in [0.29, 0.717) is 19.4 Å². The van der Waals surface area contributed by atoms with Crippen molar-refractivity contribution in [1.29, 1.82) is 0 Å². The minimum Gasteiger partial charge on any atom is -0.466 e. The van der Waals surface area contributed by atoms with Crippen LogP contribution in [0, 0.1) is 0 Å². The molecule has 1 aliphatic heterocycles. The van der Waals surface area contributed by atoms with Crippen LogP contribution in [0.2, 0.25) is 0 Å². The number of amides is 1. The number of nitrogens with one attached hydrogen (secondary N) is 1. The van der Waals surface area contributed by atoms with Crippen LogP contribution in [0.15, 0.2) is 36.5 Å². The van der Waals surface area contributed by atoms with E-state index < -0.39 is 49.5 Å². The quantitative estimate of drug-likeness (QED) is 0.0195. The molecular formula is C62H115NO10. The smallest absolute Gasteiger partial charge is 0.305 e. The van der Waals surface area contributed by atoms with E-state index >= 15 is 0 Å². The van der Waals surface area contributed by atoms with E-state index in [1.165, 1.54) is 180 Å². The maximum Gasteiger partial charge on any atom is 0.305 e. The van der Waals surface area contributed by atoms with Gasteiger partial charge in [0.2, 0.25) is 5.91 Å². The number of carbonyl (C=O) groups is 2. The van der Waals surface area contributed by atoms with Crippen LogP contribution < -0.4 is 5.32 Å². The molecule has 1 aliphatic rings. The molecule has 0 aromatic rings. The van der Waals surface area contributed by atoms with Crippen molar-refractivity contribution in [3.8, 4) is 0 Å². The third kappa shape index (κ3) is 41.7. The molecular weight excluding hydrogens is 919 g/mol. The molecule has 7 atom stereocenters. The van der Waals surface area contributed by atoms with E-state index in [1.807, 2.05) is 6.08 Å². The Morgan fingerprint density at radius 1 is 0.493 bits per heavy atom. The first-order valence-corrected chi connectivity index (χ1v) is 30.8. The number of unbranched alkanes of at least 4 members (excludes halogenated alkanes) is 35. The average Bonchev–Trinajstić information content (AvgIpc) is 3.39. The van der Waals surface area contributed by atoms with E-state index in [9.17, 15) is 35.1 Å². The highest BCUT2D eigenvalue weighted by Crippen LogP contribution is 2.23. The number of ether oxygens (including phenoxy) is 3. The average molecular weight is 1030 g/mol. The zero-order valence-electron chi connectivity index (χ0n) is 47.1. The van der Waals surface area contributed by atoms with E-state index in [2.05, 4.69) is 43.5 Å². The van der Waals surface area contributed by atoms with Crippen LogP contribution in [-0.4, -0.2) is 100 Å². The minimum absolute atomic E-state index is 0.00588. The monoisotopic (exact) mass is 1030 g/mol. The van der Waals surface area contributed by atoms with Gasteiger partial charge in [-0.3, -0.25) is 9.59 Å². The van der Waals surface area contributed by atoms with Gasteiger partial charge in [0.25, 0.3) is 0 Å². The van der Waals surface area contributed by atoms with Gasteiger partial charge >= 0.3 is 5.97 Å². The molecule has 0 spiro atoms. The molecule has 1 amide bonds. The summed E-state index contributed by atoms with van der Waals surface area (Å²) in [7, 11) is 0. The Hall–Kier alpha value is -2.12. The normalized spacial score (nSPS) is 19.1. The Kier molecular flexibility index (Phi) is 49.0. The highest BCUT2D eigenvalue weighted by Gasteiger charge is 2.44. The second kappa shape index (κ2) is 52.0. The Balaban J connectivity index is 2.09. The fraction of sp³-hybridized carbons (Fsp3) is 0.871. The molecule has 0 radical (unpaired) electrons. The zero-order valence-corrected chi connectivity index (χ0v) is 47.1. The second-order valence-corrected chi connectivity index (χ2v) is 21.4. The molecule has 1 rings (SSSR count). The molecule has 1 fully saturated rings. The standard InChI is InChI=1S/C62H115NO10/c1-3-5-7-9-11-13-15-25-29-32-36-40-44-48-55(65)54(53-72-62-61(70)60(69)59(68)56(52-64)73-62)63-57(66)49-45-41-37-33-30-26-23-21-19-17-16-18-20-22-24-27-31-35-39-43-47-51-71-58(67)50-46-42-38-34-28-14-12-10-8-6-4-2/h17,19,29,32,44,48,54-56,59-62,64-65,68-70H,3-16,18,20-28,30-31,33-43,45-47,49-53H2,1-2H3,(H,63,66)/b19-17-,32-29+,48-44+. The molecule has 11 heteroatoms. The molecule has 0 bridgehead atoms. The maximum atomic E-state index is 13.0. The second-order valence-electron chi connectivity index (χ2n) is 21.4. The highest BCUT2D eigenvalue weighted by molar-refractivity contribution is 5.76.